The summed E-state index contributed by atoms with van der Waals surface area (Å²) < 4.78 is 28.4. The van der Waals surface area contributed by atoms with E-state index in [-0.39, 0.29) is 17.4 Å². The molecule has 0 bridgehead atoms. The molecule has 9 heteroatoms. The van der Waals surface area contributed by atoms with E-state index in [0.29, 0.717) is 51.9 Å². The van der Waals surface area contributed by atoms with Gasteiger partial charge in [0.15, 0.2) is 0 Å². The summed E-state index contributed by atoms with van der Waals surface area (Å²) in [5.41, 5.74) is 0.990. The molecule has 1 atom stereocenters. The number of nitrogens with zero attached hydrogens (tertiary/aromatic N) is 3. The Kier molecular flexibility index (Phi) is 6.33. The highest BCUT2D eigenvalue weighted by molar-refractivity contribution is 5.86. The normalized spacial score (nSPS) is 19.5. The standard InChI is InChI=1S/C19H25F2N3O4/c1-12(25)15-10-17(21)18(11-16(15)20)23-6-2-13(3-7-23)22-28-14-4-8-24(9-5-14)19(26)27/h10-12,14,25H,2-9H2,1H3,(H,26,27). The molecule has 3 rings (SSSR count). The Bertz CT molecular complexity index is 739. The summed E-state index contributed by atoms with van der Waals surface area (Å²) in [4.78, 5) is 19.6. The molecule has 1 amide bonds. The minimum Gasteiger partial charge on any atom is -0.465 e. The number of likely N-dealkylation sites (tertiary alicyclic amines) is 1. The number of anilines is 1. The van der Waals surface area contributed by atoms with Gasteiger partial charge in [-0.3, -0.25) is 0 Å². The van der Waals surface area contributed by atoms with Gasteiger partial charge in [-0.15, -0.1) is 0 Å². The Balaban J connectivity index is 1.53. The number of rotatable bonds is 4. The maximum Gasteiger partial charge on any atom is 0.407 e. The second kappa shape index (κ2) is 8.72. The number of piperidine rings is 2. The van der Waals surface area contributed by atoms with E-state index in [4.69, 9.17) is 9.94 Å². The summed E-state index contributed by atoms with van der Waals surface area (Å²) in [5, 5.41) is 22.6. The van der Waals surface area contributed by atoms with Gasteiger partial charge in [-0.2, -0.15) is 0 Å². The van der Waals surface area contributed by atoms with E-state index < -0.39 is 23.8 Å². The van der Waals surface area contributed by atoms with Crippen molar-refractivity contribution < 1.29 is 28.6 Å². The van der Waals surface area contributed by atoms with Gasteiger partial charge in [0.05, 0.1) is 17.5 Å². The lowest BCUT2D eigenvalue weighted by Crippen LogP contribution is -2.40. The van der Waals surface area contributed by atoms with E-state index in [0.717, 1.165) is 17.8 Å². The van der Waals surface area contributed by atoms with Crippen molar-refractivity contribution in [1.82, 2.24) is 4.90 Å². The largest absolute Gasteiger partial charge is 0.465 e. The number of carbonyl (C=O) groups is 1. The molecule has 0 aromatic heterocycles. The average molecular weight is 397 g/mol. The van der Waals surface area contributed by atoms with Crippen molar-refractivity contribution in [1.29, 1.82) is 0 Å². The first-order valence-corrected chi connectivity index (χ1v) is 9.46. The molecular weight excluding hydrogens is 372 g/mol. The van der Waals surface area contributed by atoms with Crippen molar-refractivity contribution in [2.45, 2.75) is 44.8 Å². The summed E-state index contributed by atoms with van der Waals surface area (Å²) >= 11 is 0. The number of aliphatic hydroxyl groups excluding tert-OH is 1. The van der Waals surface area contributed by atoms with Crippen molar-refractivity contribution in [3.63, 3.8) is 0 Å². The maximum absolute atomic E-state index is 14.3. The highest BCUT2D eigenvalue weighted by atomic mass is 19.1. The third kappa shape index (κ3) is 4.70. The molecule has 2 N–H and O–H groups in total. The van der Waals surface area contributed by atoms with Gasteiger partial charge in [-0.05, 0) is 13.0 Å². The number of oxime groups is 1. The number of halogens is 2. The fourth-order valence-electron chi connectivity index (χ4n) is 3.51. The van der Waals surface area contributed by atoms with Gasteiger partial charge in [0.2, 0.25) is 0 Å². The topological polar surface area (TPSA) is 85.6 Å². The predicted molar refractivity (Wildman–Crippen MR) is 99.6 cm³/mol. The Morgan fingerprint density at radius 1 is 1.18 bits per heavy atom. The molecule has 28 heavy (non-hydrogen) atoms. The van der Waals surface area contributed by atoms with Gasteiger partial charge in [0, 0.05) is 63.5 Å². The van der Waals surface area contributed by atoms with Gasteiger partial charge >= 0.3 is 6.09 Å². The van der Waals surface area contributed by atoms with Crippen molar-refractivity contribution >= 4 is 17.5 Å². The van der Waals surface area contributed by atoms with E-state index in [1.54, 1.807) is 4.90 Å². The molecular formula is C19H25F2N3O4. The van der Waals surface area contributed by atoms with Gasteiger partial charge in [-0.25, -0.2) is 13.6 Å². The lowest BCUT2D eigenvalue weighted by atomic mass is 10.1. The highest BCUT2D eigenvalue weighted by Gasteiger charge is 2.25. The third-order valence-corrected chi connectivity index (χ3v) is 5.24. The van der Waals surface area contributed by atoms with Crippen LogP contribution in [0.1, 0.15) is 44.3 Å². The molecule has 1 aromatic rings. The summed E-state index contributed by atoms with van der Waals surface area (Å²) in [6.45, 7) is 3.25. The van der Waals surface area contributed by atoms with Gasteiger partial charge in [0.25, 0.3) is 0 Å². The SMILES string of the molecule is CC(O)c1cc(F)c(N2CCC(=NOC3CCN(C(=O)O)CC3)CC2)cc1F. The number of hydrogen-bond acceptors (Lipinski definition) is 5. The zero-order valence-corrected chi connectivity index (χ0v) is 15.8. The van der Waals surface area contributed by atoms with Crippen LogP contribution in [-0.4, -0.2) is 59.2 Å². The smallest absolute Gasteiger partial charge is 0.407 e. The zero-order valence-electron chi connectivity index (χ0n) is 15.8. The van der Waals surface area contributed by atoms with E-state index in [1.165, 1.54) is 11.8 Å². The van der Waals surface area contributed by atoms with E-state index in [9.17, 15) is 18.7 Å². The number of amides is 1. The molecule has 2 fully saturated rings. The van der Waals surface area contributed by atoms with Crippen molar-refractivity contribution in [2.24, 2.45) is 5.16 Å². The molecule has 0 aliphatic carbocycles. The Labute approximate surface area is 162 Å². The Hall–Kier alpha value is -2.42. The van der Waals surface area contributed by atoms with E-state index in [2.05, 4.69) is 5.16 Å². The zero-order chi connectivity index (χ0) is 20.3. The van der Waals surface area contributed by atoms with Crippen LogP contribution in [0.4, 0.5) is 19.3 Å². The summed E-state index contributed by atoms with van der Waals surface area (Å²) in [6, 6.07) is 2.18. The highest BCUT2D eigenvalue weighted by Crippen LogP contribution is 2.28. The van der Waals surface area contributed by atoms with Gasteiger partial charge in [-0.1, -0.05) is 5.16 Å². The van der Waals surface area contributed by atoms with E-state index in [1.807, 2.05) is 0 Å². The molecule has 7 nitrogen and oxygen atoms in total. The van der Waals surface area contributed by atoms with Crippen LogP contribution < -0.4 is 4.90 Å². The maximum atomic E-state index is 14.3. The average Bonchev–Trinajstić information content (AvgIpc) is 2.68. The van der Waals surface area contributed by atoms with Gasteiger partial charge in [0.1, 0.15) is 17.7 Å². The Morgan fingerprint density at radius 3 is 2.39 bits per heavy atom. The molecule has 0 saturated carbocycles. The van der Waals surface area contributed by atoms with Crippen LogP contribution in [0, 0.1) is 11.6 Å². The summed E-state index contributed by atoms with van der Waals surface area (Å²) in [6.07, 6.45) is 0.288. The first-order chi connectivity index (χ1) is 13.3. The fourth-order valence-corrected chi connectivity index (χ4v) is 3.51. The molecule has 0 radical (unpaired) electrons. The number of aliphatic hydroxyl groups is 1. The number of benzene rings is 1. The monoisotopic (exact) mass is 397 g/mol. The lowest BCUT2D eigenvalue weighted by molar-refractivity contribution is 0.0127. The first kappa shape index (κ1) is 20.3. The van der Waals surface area contributed by atoms with Crippen molar-refractivity contribution in [3.8, 4) is 0 Å². The molecule has 2 heterocycles. The summed E-state index contributed by atoms with van der Waals surface area (Å²) in [5.74, 6) is -1.18. The van der Waals surface area contributed by atoms with Crippen LogP contribution in [0.5, 0.6) is 0 Å². The van der Waals surface area contributed by atoms with Crippen LogP contribution >= 0.6 is 0 Å². The van der Waals surface area contributed by atoms with Gasteiger partial charge < -0.3 is 24.9 Å². The second-order valence-corrected chi connectivity index (χ2v) is 7.22. The molecule has 2 aliphatic rings. The van der Waals surface area contributed by atoms with Crippen LogP contribution in [0.25, 0.3) is 0 Å². The molecule has 1 unspecified atom stereocenters. The van der Waals surface area contributed by atoms with Crippen molar-refractivity contribution in [2.75, 3.05) is 31.1 Å². The summed E-state index contributed by atoms with van der Waals surface area (Å²) in [7, 11) is 0. The number of carboxylic acid groups (broad SMARTS) is 1. The van der Waals surface area contributed by atoms with Crippen LogP contribution in [0.2, 0.25) is 0 Å². The fraction of sp³-hybridized carbons (Fsp3) is 0.579. The molecule has 2 aliphatic heterocycles. The second-order valence-electron chi connectivity index (χ2n) is 7.22. The molecule has 2 saturated heterocycles. The van der Waals surface area contributed by atoms with Crippen LogP contribution in [-0.2, 0) is 4.84 Å². The van der Waals surface area contributed by atoms with Crippen molar-refractivity contribution in [3.05, 3.63) is 29.3 Å². The molecule has 0 spiro atoms. The predicted octanol–water partition coefficient (Wildman–Crippen LogP) is 3.13. The number of hydrogen-bond donors (Lipinski definition) is 2. The Morgan fingerprint density at radius 2 is 1.82 bits per heavy atom. The van der Waals surface area contributed by atoms with E-state index >= 15 is 0 Å². The third-order valence-electron chi connectivity index (χ3n) is 5.24. The molecule has 154 valence electrons. The van der Waals surface area contributed by atoms with Crippen LogP contribution in [0.15, 0.2) is 17.3 Å². The van der Waals surface area contributed by atoms with Crippen LogP contribution in [0.3, 0.4) is 0 Å². The molecule has 1 aromatic carbocycles. The quantitative estimate of drug-likeness (QED) is 0.763. The minimum absolute atomic E-state index is 0.0529. The lowest BCUT2D eigenvalue weighted by Gasteiger charge is -2.31. The first-order valence-electron chi connectivity index (χ1n) is 9.46. The minimum atomic E-state index is -1.07.